The summed E-state index contributed by atoms with van der Waals surface area (Å²) in [7, 11) is 0. The SMILES string of the molecule is CCNC(=NCc1ccnc2ccccc12)NCC1(O)CCC1. The van der Waals surface area contributed by atoms with E-state index in [0.29, 0.717) is 13.1 Å². The van der Waals surface area contributed by atoms with Gasteiger partial charge >= 0.3 is 0 Å². The summed E-state index contributed by atoms with van der Waals surface area (Å²) in [4.78, 5) is 9.03. The van der Waals surface area contributed by atoms with Gasteiger partial charge in [0.2, 0.25) is 0 Å². The van der Waals surface area contributed by atoms with Crippen molar-refractivity contribution in [1.82, 2.24) is 15.6 Å². The molecular formula is C18H24N4O. The van der Waals surface area contributed by atoms with E-state index >= 15 is 0 Å². The van der Waals surface area contributed by atoms with Crippen molar-refractivity contribution >= 4 is 16.9 Å². The molecule has 23 heavy (non-hydrogen) atoms. The number of pyridine rings is 1. The summed E-state index contributed by atoms with van der Waals surface area (Å²) in [5, 5.41) is 17.8. The first-order valence-electron chi connectivity index (χ1n) is 8.27. The van der Waals surface area contributed by atoms with Gasteiger partial charge in [-0.15, -0.1) is 0 Å². The van der Waals surface area contributed by atoms with Gasteiger partial charge in [-0.2, -0.15) is 0 Å². The minimum atomic E-state index is -0.556. The molecule has 1 aromatic heterocycles. The highest BCUT2D eigenvalue weighted by Gasteiger charge is 2.34. The average Bonchev–Trinajstić information content (AvgIpc) is 2.55. The third-order valence-corrected chi connectivity index (χ3v) is 4.36. The van der Waals surface area contributed by atoms with Gasteiger partial charge in [0.25, 0.3) is 0 Å². The summed E-state index contributed by atoms with van der Waals surface area (Å²) < 4.78 is 0. The van der Waals surface area contributed by atoms with Crippen LogP contribution in [0.3, 0.4) is 0 Å². The van der Waals surface area contributed by atoms with Crippen LogP contribution < -0.4 is 10.6 Å². The predicted molar refractivity (Wildman–Crippen MR) is 93.4 cm³/mol. The van der Waals surface area contributed by atoms with Gasteiger partial charge in [0.15, 0.2) is 5.96 Å². The topological polar surface area (TPSA) is 69.5 Å². The van der Waals surface area contributed by atoms with Crippen molar-refractivity contribution in [3.63, 3.8) is 0 Å². The third kappa shape index (κ3) is 3.79. The molecule has 0 unspecified atom stereocenters. The number of fused-ring (bicyclic) bond motifs is 1. The molecule has 5 heteroatoms. The second-order valence-corrected chi connectivity index (χ2v) is 6.11. The Balaban J connectivity index is 1.71. The molecule has 0 aliphatic heterocycles. The van der Waals surface area contributed by atoms with E-state index in [9.17, 15) is 5.11 Å². The largest absolute Gasteiger partial charge is 0.388 e. The number of para-hydroxylation sites is 1. The zero-order chi connectivity index (χ0) is 16.1. The van der Waals surface area contributed by atoms with Crippen molar-refractivity contribution in [2.75, 3.05) is 13.1 Å². The molecule has 0 amide bonds. The molecule has 5 nitrogen and oxygen atoms in total. The third-order valence-electron chi connectivity index (χ3n) is 4.36. The fraction of sp³-hybridized carbons (Fsp3) is 0.444. The zero-order valence-corrected chi connectivity index (χ0v) is 13.5. The molecule has 3 N–H and O–H groups in total. The Hall–Kier alpha value is -2.14. The first kappa shape index (κ1) is 15.7. The minimum absolute atomic E-state index is 0.552. The number of hydrogen-bond acceptors (Lipinski definition) is 3. The molecule has 1 aliphatic carbocycles. The second kappa shape index (κ2) is 6.96. The van der Waals surface area contributed by atoms with Crippen molar-refractivity contribution in [2.24, 2.45) is 4.99 Å². The number of aliphatic imine (C=N–C) groups is 1. The van der Waals surface area contributed by atoms with E-state index in [2.05, 4.69) is 26.7 Å². The highest BCUT2D eigenvalue weighted by atomic mass is 16.3. The summed E-state index contributed by atoms with van der Waals surface area (Å²) in [6.07, 6.45) is 4.67. The lowest BCUT2D eigenvalue weighted by atomic mass is 9.80. The number of rotatable bonds is 5. The number of benzene rings is 1. The van der Waals surface area contributed by atoms with E-state index in [1.807, 2.05) is 37.4 Å². The molecule has 0 saturated heterocycles. The molecule has 1 fully saturated rings. The van der Waals surface area contributed by atoms with Gasteiger partial charge in [0.05, 0.1) is 17.7 Å². The van der Waals surface area contributed by atoms with Crippen molar-refractivity contribution < 1.29 is 5.11 Å². The molecule has 0 spiro atoms. The molecule has 1 saturated carbocycles. The van der Waals surface area contributed by atoms with E-state index < -0.39 is 5.60 Å². The van der Waals surface area contributed by atoms with Crippen molar-refractivity contribution in [2.45, 2.75) is 38.3 Å². The molecular weight excluding hydrogens is 288 g/mol. The van der Waals surface area contributed by atoms with Gasteiger partial charge in [-0.05, 0) is 43.9 Å². The van der Waals surface area contributed by atoms with Crippen molar-refractivity contribution in [3.05, 3.63) is 42.1 Å². The van der Waals surface area contributed by atoms with Crippen molar-refractivity contribution in [1.29, 1.82) is 0 Å². The van der Waals surface area contributed by atoms with Crippen molar-refractivity contribution in [3.8, 4) is 0 Å². The Labute approximate surface area is 136 Å². The first-order valence-corrected chi connectivity index (χ1v) is 8.27. The first-order chi connectivity index (χ1) is 11.2. The fourth-order valence-electron chi connectivity index (χ4n) is 2.81. The van der Waals surface area contributed by atoms with Crippen LogP contribution in [0.4, 0.5) is 0 Å². The maximum absolute atomic E-state index is 10.2. The number of nitrogens with one attached hydrogen (secondary N) is 2. The zero-order valence-electron chi connectivity index (χ0n) is 13.5. The second-order valence-electron chi connectivity index (χ2n) is 6.11. The van der Waals surface area contributed by atoms with E-state index in [1.54, 1.807) is 0 Å². The van der Waals surface area contributed by atoms with Gasteiger partial charge < -0.3 is 15.7 Å². The molecule has 0 bridgehead atoms. The minimum Gasteiger partial charge on any atom is -0.388 e. The molecule has 1 aromatic carbocycles. The predicted octanol–water partition coefficient (Wildman–Crippen LogP) is 2.20. The highest BCUT2D eigenvalue weighted by molar-refractivity contribution is 5.83. The van der Waals surface area contributed by atoms with Crippen LogP contribution in [0, 0.1) is 0 Å². The van der Waals surface area contributed by atoms with Crippen LogP contribution in [0.5, 0.6) is 0 Å². The Morgan fingerprint density at radius 3 is 2.83 bits per heavy atom. The average molecular weight is 312 g/mol. The molecule has 0 radical (unpaired) electrons. The maximum Gasteiger partial charge on any atom is 0.191 e. The Morgan fingerprint density at radius 1 is 1.26 bits per heavy atom. The van der Waals surface area contributed by atoms with E-state index in [1.165, 1.54) is 0 Å². The summed E-state index contributed by atoms with van der Waals surface area (Å²) in [5.41, 5.74) is 1.58. The lowest BCUT2D eigenvalue weighted by Gasteiger charge is -2.37. The monoisotopic (exact) mass is 312 g/mol. The van der Waals surface area contributed by atoms with E-state index in [-0.39, 0.29) is 0 Å². The maximum atomic E-state index is 10.2. The normalized spacial score (nSPS) is 16.9. The highest BCUT2D eigenvalue weighted by Crippen LogP contribution is 2.30. The number of nitrogens with zero attached hydrogens (tertiary/aromatic N) is 2. The van der Waals surface area contributed by atoms with Crippen LogP contribution in [0.15, 0.2) is 41.5 Å². The van der Waals surface area contributed by atoms with Crippen LogP contribution in [-0.2, 0) is 6.54 Å². The summed E-state index contributed by atoms with van der Waals surface area (Å²) >= 11 is 0. The molecule has 2 aromatic rings. The summed E-state index contributed by atoms with van der Waals surface area (Å²) in [6, 6.07) is 10.1. The number of guanidine groups is 1. The van der Waals surface area contributed by atoms with Crippen LogP contribution in [0.2, 0.25) is 0 Å². The number of hydrogen-bond donors (Lipinski definition) is 3. The molecule has 3 rings (SSSR count). The number of aliphatic hydroxyl groups is 1. The van der Waals surface area contributed by atoms with Crippen LogP contribution in [-0.4, -0.2) is 34.7 Å². The van der Waals surface area contributed by atoms with Gasteiger partial charge in [0.1, 0.15) is 0 Å². The smallest absolute Gasteiger partial charge is 0.191 e. The molecule has 122 valence electrons. The Morgan fingerprint density at radius 2 is 2.09 bits per heavy atom. The quantitative estimate of drug-likeness (QED) is 0.585. The van der Waals surface area contributed by atoms with E-state index in [0.717, 1.165) is 48.2 Å². The fourth-order valence-corrected chi connectivity index (χ4v) is 2.81. The van der Waals surface area contributed by atoms with Gasteiger partial charge in [-0.3, -0.25) is 4.98 Å². The van der Waals surface area contributed by atoms with Gasteiger partial charge in [-0.1, -0.05) is 18.2 Å². The van der Waals surface area contributed by atoms with Gasteiger partial charge in [0, 0.05) is 24.7 Å². The number of aromatic nitrogens is 1. The van der Waals surface area contributed by atoms with Crippen LogP contribution in [0.1, 0.15) is 31.7 Å². The standard InChI is InChI=1S/C18H24N4O/c1-2-19-17(22-13-18(23)9-5-10-18)21-12-14-8-11-20-16-7-4-3-6-15(14)16/h3-4,6-8,11,23H,2,5,9-10,12-13H2,1H3,(H2,19,21,22). The van der Waals surface area contributed by atoms with Crippen LogP contribution >= 0.6 is 0 Å². The van der Waals surface area contributed by atoms with Gasteiger partial charge in [-0.25, -0.2) is 4.99 Å². The van der Waals surface area contributed by atoms with Crippen LogP contribution in [0.25, 0.3) is 10.9 Å². The Bertz CT molecular complexity index is 689. The lowest BCUT2D eigenvalue weighted by molar-refractivity contribution is -0.0279. The lowest BCUT2D eigenvalue weighted by Crippen LogP contribution is -2.50. The summed E-state index contributed by atoms with van der Waals surface area (Å²) in [6.45, 7) is 3.96. The molecule has 0 atom stereocenters. The van der Waals surface area contributed by atoms with E-state index in [4.69, 9.17) is 0 Å². The molecule has 1 heterocycles. The molecule has 1 aliphatic rings. The summed E-state index contributed by atoms with van der Waals surface area (Å²) in [5.74, 6) is 0.744. The Kier molecular flexibility index (Phi) is 4.76.